The minimum absolute atomic E-state index is 0.0940. The molecule has 2 amide bonds. The number of piperidine rings is 1. The molecule has 1 atom stereocenters. The molecule has 1 unspecified atom stereocenters. The van der Waals surface area contributed by atoms with E-state index in [2.05, 4.69) is 0 Å². The molecule has 5 rings (SSSR count). The molecule has 0 aliphatic carbocycles. The van der Waals surface area contributed by atoms with Gasteiger partial charge >= 0.3 is 0 Å². The zero-order chi connectivity index (χ0) is 22.1. The summed E-state index contributed by atoms with van der Waals surface area (Å²) in [5.74, 6) is 0.314. The third-order valence-corrected chi connectivity index (χ3v) is 5.91. The van der Waals surface area contributed by atoms with E-state index in [1.54, 1.807) is 41.3 Å². The molecule has 3 aromatic rings. The number of carbonyl (C=O) groups is 2. The molecule has 3 heterocycles. The Hall–Kier alpha value is -3.61. The van der Waals surface area contributed by atoms with Crippen LogP contribution in [0, 0.1) is 5.82 Å². The number of hydrogen-bond acceptors (Lipinski definition) is 4. The van der Waals surface area contributed by atoms with Gasteiger partial charge in [0.2, 0.25) is 0 Å². The van der Waals surface area contributed by atoms with E-state index >= 15 is 0 Å². The van der Waals surface area contributed by atoms with Gasteiger partial charge in [-0.25, -0.2) is 4.39 Å². The van der Waals surface area contributed by atoms with Crippen molar-refractivity contribution < 1.29 is 23.1 Å². The van der Waals surface area contributed by atoms with Gasteiger partial charge in [-0.05, 0) is 67.8 Å². The average Bonchev–Trinajstić information content (AvgIpc) is 3.34. The van der Waals surface area contributed by atoms with Gasteiger partial charge in [0.05, 0.1) is 12.2 Å². The van der Waals surface area contributed by atoms with Gasteiger partial charge in [-0.3, -0.25) is 14.5 Å². The van der Waals surface area contributed by atoms with Gasteiger partial charge < -0.3 is 14.1 Å². The van der Waals surface area contributed by atoms with Crippen LogP contribution in [0.3, 0.4) is 0 Å². The van der Waals surface area contributed by atoms with Crippen LogP contribution in [0.25, 0.3) is 11.3 Å². The Morgan fingerprint density at radius 2 is 1.66 bits per heavy atom. The van der Waals surface area contributed by atoms with E-state index in [-0.39, 0.29) is 29.9 Å². The molecule has 32 heavy (non-hydrogen) atoms. The maximum atomic E-state index is 13.4. The second-order valence-corrected chi connectivity index (χ2v) is 8.05. The predicted octanol–water partition coefficient (Wildman–Crippen LogP) is 4.51. The van der Waals surface area contributed by atoms with Crippen molar-refractivity contribution in [3.63, 3.8) is 0 Å². The quantitative estimate of drug-likeness (QED) is 0.609. The molecule has 2 aliphatic rings. The van der Waals surface area contributed by atoms with E-state index < -0.39 is 6.10 Å². The number of halogens is 1. The molecule has 0 spiro atoms. The lowest BCUT2D eigenvalue weighted by Crippen LogP contribution is -2.52. The third kappa shape index (κ3) is 3.86. The summed E-state index contributed by atoms with van der Waals surface area (Å²) >= 11 is 0. The van der Waals surface area contributed by atoms with E-state index in [4.69, 9.17) is 9.15 Å². The highest BCUT2D eigenvalue weighted by Gasteiger charge is 2.37. The first-order chi connectivity index (χ1) is 15.6. The highest BCUT2D eigenvalue weighted by Crippen LogP contribution is 2.35. The first-order valence-electron chi connectivity index (χ1n) is 10.8. The number of hydrogen-bond donors (Lipinski definition) is 0. The van der Waals surface area contributed by atoms with Crippen molar-refractivity contribution in [3.05, 3.63) is 72.2 Å². The van der Waals surface area contributed by atoms with Crippen molar-refractivity contribution >= 4 is 17.5 Å². The summed E-state index contributed by atoms with van der Waals surface area (Å²) in [6.45, 7) is 1.54. The van der Waals surface area contributed by atoms with Gasteiger partial charge in [-0.1, -0.05) is 12.1 Å². The molecule has 0 N–H and O–H groups in total. The molecule has 164 valence electrons. The number of likely N-dealkylation sites (tertiary alicyclic amines) is 1. The van der Waals surface area contributed by atoms with Gasteiger partial charge in [-0.15, -0.1) is 0 Å². The Morgan fingerprint density at radius 1 is 0.906 bits per heavy atom. The number of carbonyl (C=O) groups excluding carboxylic acids is 2. The van der Waals surface area contributed by atoms with Crippen molar-refractivity contribution in [2.24, 2.45) is 0 Å². The van der Waals surface area contributed by atoms with E-state index in [1.165, 1.54) is 12.1 Å². The summed E-state index contributed by atoms with van der Waals surface area (Å²) in [4.78, 5) is 29.9. The van der Waals surface area contributed by atoms with Crippen LogP contribution in [0.15, 0.2) is 65.1 Å². The molecule has 2 aromatic carbocycles. The monoisotopic (exact) mass is 434 g/mol. The van der Waals surface area contributed by atoms with Gasteiger partial charge in [0, 0.05) is 18.7 Å². The molecule has 2 aliphatic heterocycles. The Balaban J connectivity index is 1.42. The van der Waals surface area contributed by atoms with Gasteiger partial charge in [0.25, 0.3) is 11.8 Å². The van der Waals surface area contributed by atoms with Crippen molar-refractivity contribution in [2.75, 3.05) is 24.5 Å². The third-order valence-electron chi connectivity index (χ3n) is 5.91. The minimum Gasteiger partial charge on any atom is -0.476 e. The lowest BCUT2D eigenvalue weighted by Gasteiger charge is -2.37. The van der Waals surface area contributed by atoms with E-state index in [1.807, 2.05) is 17.0 Å². The van der Waals surface area contributed by atoms with Crippen molar-refractivity contribution in [1.29, 1.82) is 0 Å². The van der Waals surface area contributed by atoms with Crippen LogP contribution in [0.1, 0.15) is 29.8 Å². The number of rotatable bonds is 3. The summed E-state index contributed by atoms with van der Waals surface area (Å²) in [6.07, 6.45) is 2.32. The van der Waals surface area contributed by atoms with Crippen LogP contribution in [0.2, 0.25) is 0 Å². The van der Waals surface area contributed by atoms with E-state index in [0.29, 0.717) is 35.9 Å². The fourth-order valence-corrected chi connectivity index (χ4v) is 4.23. The SMILES string of the molecule is O=C(C1CN(C(=O)c2ccc(-c3ccc(F)cc3)o2)c2ccccc2O1)N1CCCCC1. The van der Waals surface area contributed by atoms with Crippen LogP contribution in [0.5, 0.6) is 5.75 Å². The summed E-state index contributed by atoms with van der Waals surface area (Å²) in [5.41, 5.74) is 1.27. The number of benzene rings is 2. The van der Waals surface area contributed by atoms with Crippen LogP contribution in [-0.4, -0.2) is 42.5 Å². The number of nitrogens with zero attached hydrogens (tertiary/aromatic N) is 2. The Labute approximate surface area is 185 Å². The number of furan rings is 1. The number of fused-ring (bicyclic) bond motifs is 1. The maximum absolute atomic E-state index is 13.4. The first kappa shape index (κ1) is 20.3. The smallest absolute Gasteiger partial charge is 0.294 e. The molecule has 1 saturated heterocycles. The lowest BCUT2D eigenvalue weighted by molar-refractivity contribution is -0.139. The number of anilines is 1. The van der Waals surface area contributed by atoms with Crippen molar-refractivity contribution in [1.82, 2.24) is 4.90 Å². The molecule has 1 aromatic heterocycles. The number of ether oxygens (including phenoxy) is 1. The fraction of sp³-hybridized carbons (Fsp3) is 0.280. The largest absolute Gasteiger partial charge is 0.476 e. The molecule has 7 heteroatoms. The molecule has 0 bridgehead atoms. The van der Waals surface area contributed by atoms with Gasteiger partial charge in [0.1, 0.15) is 17.3 Å². The second kappa shape index (κ2) is 8.49. The van der Waals surface area contributed by atoms with Crippen LogP contribution < -0.4 is 9.64 Å². The predicted molar refractivity (Wildman–Crippen MR) is 117 cm³/mol. The summed E-state index contributed by atoms with van der Waals surface area (Å²) in [5, 5.41) is 0. The van der Waals surface area contributed by atoms with E-state index in [0.717, 1.165) is 19.3 Å². The Morgan fingerprint density at radius 3 is 2.44 bits per heavy atom. The molecule has 0 radical (unpaired) electrons. The maximum Gasteiger partial charge on any atom is 0.294 e. The highest BCUT2D eigenvalue weighted by atomic mass is 19.1. The van der Waals surface area contributed by atoms with E-state index in [9.17, 15) is 14.0 Å². The molecule has 1 fully saturated rings. The summed E-state index contributed by atoms with van der Waals surface area (Å²) < 4.78 is 25.0. The van der Waals surface area contributed by atoms with Crippen molar-refractivity contribution in [2.45, 2.75) is 25.4 Å². The zero-order valence-corrected chi connectivity index (χ0v) is 17.5. The Bertz CT molecular complexity index is 1130. The first-order valence-corrected chi connectivity index (χ1v) is 10.8. The van der Waals surface area contributed by atoms with Crippen molar-refractivity contribution in [3.8, 4) is 17.1 Å². The molecule has 0 saturated carbocycles. The number of amides is 2. The normalized spacial score (nSPS) is 18.1. The highest BCUT2D eigenvalue weighted by molar-refractivity contribution is 6.06. The molecule has 6 nitrogen and oxygen atoms in total. The second-order valence-electron chi connectivity index (χ2n) is 8.05. The van der Waals surface area contributed by atoms with Gasteiger partial charge in [-0.2, -0.15) is 0 Å². The zero-order valence-electron chi connectivity index (χ0n) is 17.5. The fourth-order valence-electron chi connectivity index (χ4n) is 4.23. The molecular weight excluding hydrogens is 411 g/mol. The average molecular weight is 434 g/mol. The minimum atomic E-state index is -0.765. The Kier molecular flexibility index (Phi) is 5.39. The van der Waals surface area contributed by atoms with Crippen LogP contribution >= 0.6 is 0 Å². The number of para-hydroxylation sites is 2. The van der Waals surface area contributed by atoms with Crippen LogP contribution in [0.4, 0.5) is 10.1 Å². The summed E-state index contributed by atoms with van der Waals surface area (Å²) in [7, 11) is 0. The molecular formula is C25H23FN2O4. The lowest BCUT2D eigenvalue weighted by atomic mass is 10.1. The van der Waals surface area contributed by atoms with Crippen LogP contribution in [-0.2, 0) is 4.79 Å². The topological polar surface area (TPSA) is 63.0 Å². The standard InChI is InChI=1S/C25H23FN2O4/c26-18-10-8-17(9-11-18)20-12-13-22(31-20)25(30)28-16-23(24(29)27-14-4-1-5-15-27)32-21-7-3-2-6-19(21)28/h2-3,6-13,23H,1,4-5,14-16H2. The summed E-state index contributed by atoms with van der Waals surface area (Å²) in [6, 6.07) is 16.3. The van der Waals surface area contributed by atoms with Gasteiger partial charge in [0.15, 0.2) is 11.9 Å².